The van der Waals surface area contributed by atoms with E-state index < -0.39 is 5.97 Å². The summed E-state index contributed by atoms with van der Waals surface area (Å²) in [5.41, 5.74) is 5.70. The molecule has 2 aliphatic rings. The molecule has 2 fully saturated rings. The predicted octanol–water partition coefficient (Wildman–Crippen LogP) is 5.10. The highest BCUT2D eigenvalue weighted by Crippen LogP contribution is 2.44. The van der Waals surface area contributed by atoms with Crippen molar-refractivity contribution in [1.82, 2.24) is 19.8 Å². The SMILES string of the molecule is Cc1cc([C@H]2[C@H](c3ccccn3)NC(=S)N2C2CCCC2)c(C)n1-c1ccc(C(=O)O)cc1. The molecule has 3 aromatic rings. The first-order chi connectivity index (χ1) is 16.0. The third-order valence-electron chi connectivity index (χ3n) is 7.01. The van der Waals surface area contributed by atoms with E-state index in [1.165, 1.54) is 18.4 Å². The molecule has 0 spiro atoms. The van der Waals surface area contributed by atoms with Crippen LogP contribution in [0.15, 0.2) is 54.7 Å². The number of hydrogen-bond acceptors (Lipinski definition) is 3. The van der Waals surface area contributed by atoms with Crippen LogP contribution in [-0.4, -0.2) is 36.7 Å². The van der Waals surface area contributed by atoms with Crippen LogP contribution in [0.25, 0.3) is 5.69 Å². The Hall–Kier alpha value is -3.19. The van der Waals surface area contributed by atoms with Crippen molar-refractivity contribution in [2.75, 3.05) is 0 Å². The molecule has 170 valence electrons. The summed E-state index contributed by atoms with van der Waals surface area (Å²) in [6, 6.07) is 15.8. The Morgan fingerprint density at radius 2 is 1.85 bits per heavy atom. The van der Waals surface area contributed by atoms with Crippen molar-refractivity contribution in [3.8, 4) is 5.69 Å². The molecule has 1 saturated carbocycles. The summed E-state index contributed by atoms with van der Waals surface area (Å²) in [6.45, 7) is 4.23. The minimum atomic E-state index is -0.917. The number of nitrogens with zero attached hydrogens (tertiary/aromatic N) is 3. The molecule has 1 aliphatic heterocycles. The average Bonchev–Trinajstić information content (AvgIpc) is 3.52. The molecule has 3 heterocycles. The van der Waals surface area contributed by atoms with Crippen molar-refractivity contribution >= 4 is 23.3 Å². The van der Waals surface area contributed by atoms with E-state index in [-0.39, 0.29) is 17.6 Å². The number of carboxylic acid groups (broad SMARTS) is 1. The van der Waals surface area contributed by atoms with Crippen molar-refractivity contribution in [3.05, 3.63) is 82.9 Å². The second-order valence-corrected chi connectivity index (χ2v) is 9.37. The molecular formula is C26H28N4O2S. The van der Waals surface area contributed by atoms with Crippen LogP contribution >= 0.6 is 12.2 Å². The fourth-order valence-electron chi connectivity index (χ4n) is 5.51. The van der Waals surface area contributed by atoms with Gasteiger partial charge >= 0.3 is 5.97 Å². The van der Waals surface area contributed by atoms with Gasteiger partial charge < -0.3 is 19.9 Å². The second-order valence-electron chi connectivity index (χ2n) is 8.99. The summed E-state index contributed by atoms with van der Waals surface area (Å²) in [5, 5.41) is 13.6. The first kappa shape index (κ1) is 21.6. The molecule has 0 amide bonds. The van der Waals surface area contributed by atoms with Crippen LogP contribution in [0, 0.1) is 13.8 Å². The minimum Gasteiger partial charge on any atom is -0.478 e. The number of hydrogen-bond donors (Lipinski definition) is 2. The molecule has 6 nitrogen and oxygen atoms in total. The maximum Gasteiger partial charge on any atom is 0.335 e. The molecule has 0 unspecified atom stereocenters. The first-order valence-corrected chi connectivity index (χ1v) is 11.9. The number of aromatic carboxylic acids is 1. The first-order valence-electron chi connectivity index (χ1n) is 11.5. The maximum atomic E-state index is 11.3. The Labute approximate surface area is 199 Å². The molecule has 1 saturated heterocycles. The number of aromatic nitrogens is 2. The number of carboxylic acids is 1. The minimum absolute atomic E-state index is 0.0253. The highest BCUT2D eigenvalue weighted by atomic mass is 32.1. The van der Waals surface area contributed by atoms with Gasteiger partial charge in [-0.25, -0.2) is 4.79 Å². The number of benzene rings is 1. The molecule has 2 atom stereocenters. The van der Waals surface area contributed by atoms with Crippen LogP contribution in [0.4, 0.5) is 0 Å². The fraction of sp³-hybridized carbons (Fsp3) is 0.346. The lowest BCUT2D eigenvalue weighted by Gasteiger charge is -2.33. The van der Waals surface area contributed by atoms with Gasteiger partial charge in [0.15, 0.2) is 5.11 Å². The standard InChI is InChI=1S/C26H28N4O2S/c1-16-15-21(17(2)29(16)20-12-10-18(11-13-20)25(31)32)24-23(22-9-5-6-14-27-22)28-26(33)30(24)19-7-3-4-8-19/h5-6,9-15,19,23-24H,3-4,7-8H2,1-2H3,(H,28,33)(H,31,32)/t23-,24-/m0/s1. The number of thiocarbonyl (C=S) groups is 1. The van der Waals surface area contributed by atoms with Crippen molar-refractivity contribution in [1.29, 1.82) is 0 Å². The summed E-state index contributed by atoms with van der Waals surface area (Å²) in [6.07, 6.45) is 6.62. The zero-order valence-electron chi connectivity index (χ0n) is 18.9. The Bertz CT molecular complexity index is 1180. The van der Waals surface area contributed by atoms with Crippen molar-refractivity contribution in [3.63, 3.8) is 0 Å². The van der Waals surface area contributed by atoms with Crippen molar-refractivity contribution in [2.24, 2.45) is 0 Å². The molecule has 2 N–H and O–H groups in total. The summed E-state index contributed by atoms with van der Waals surface area (Å²) in [5.74, 6) is -0.917. The van der Waals surface area contributed by atoms with Crippen LogP contribution in [0.5, 0.6) is 0 Å². The van der Waals surface area contributed by atoms with E-state index in [9.17, 15) is 9.90 Å². The summed E-state index contributed by atoms with van der Waals surface area (Å²) in [7, 11) is 0. The number of carbonyl (C=O) groups is 1. The van der Waals surface area contributed by atoms with Gasteiger partial charge in [-0.2, -0.15) is 0 Å². The Balaban J connectivity index is 1.60. The number of aryl methyl sites for hydroxylation is 1. The highest BCUT2D eigenvalue weighted by molar-refractivity contribution is 7.80. The second kappa shape index (κ2) is 8.63. The molecule has 33 heavy (non-hydrogen) atoms. The third kappa shape index (κ3) is 3.80. The zero-order chi connectivity index (χ0) is 23.1. The molecule has 2 aromatic heterocycles. The van der Waals surface area contributed by atoms with Crippen LogP contribution in [0.2, 0.25) is 0 Å². The van der Waals surface area contributed by atoms with Crippen molar-refractivity contribution < 1.29 is 9.90 Å². The van der Waals surface area contributed by atoms with Gasteiger partial charge in [0.25, 0.3) is 0 Å². The zero-order valence-corrected chi connectivity index (χ0v) is 19.7. The topological polar surface area (TPSA) is 70.4 Å². The van der Waals surface area contributed by atoms with Crippen LogP contribution in [-0.2, 0) is 0 Å². The van der Waals surface area contributed by atoms with E-state index in [4.69, 9.17) is 12.2 Å². The van der Waals surface area contributed by atoms with Gasteiger partial charge in [-0.05, 0) is 86.9 Å². The molecule has 1 aromatic carbocycles. The number of pyridine rings is 1. The van der Waals surface area contributed by atoms with Crippen molar-refractivity contribution in [2.45, 2.75) is 57.7 Å². The van der Waals surface area contributed by atoms with Gasteiger partial charge in [0.05, 0.1) is 23.3 Å². The van der Waals surface area contributed by atoms with E-state index in [1.807, 2.05) is 30.5 Å². The lowest BCUT2D eigenvalue weighted by molar-refractivity contribution is 0.0697. The number of nitrogens with one attached hydrogen (secondary N) is 1. The van der Waals surface area contributed by atoms with E-state index >= 15 is 0 Å². The van der Waals surface area contributed by atoms with E-state index in [0.29, 0.717) is 6.04 Å². The molecule has 5 rings (SSSR count). The lowest BCUT2D eigenvalue weighted by Crippen LogP contribution is -2.37. The fourth-order valence-corrected chi connectivity index (χ4v) is 5.90. The summed E-state index contributed by atoms with van der Waals surface area (Å²) >= 11 is 5.87. The van der Waals surface area contributed by atoms with E-state index in [1.54, 1.807) is 12.1 Å². The normalized spacial score (nSPS) is 20.9. The van der Waals surface area contributed by atoms with Gasteiger partial charge in [0.1, 0.15) is 0 Å². The molecule has 7 heteroatoms. The van der Waals surface area contributed by atoms with Crippen LogP contribution in [0.3, 0.4) is 0 Å². The van der Waals surface area contributed by atoms with E-state index in [0.717, 1.165) is 40.7 Å². The summed E-state index contributed by atoms with van der Waals surface area (Å²) in [4.78, 5) is 18.4. The third-order valence-corrected chi connectivity index (χ3v) is 7.34. The van der Waals surface area contributed by atoms with Gasteiger partial charge in [-0.1, -0.05) is 18.9 Å². The lowest BCUT2D eigenvalue weighted by atomic mass is 9.95. The van der Waals surface area contributed by atoms with E-state index in [2.05, 4.69) is 45.7 Å². The smallest absolute Gasteiger partial charge is 0.335 e. The largest absolute Gasteiger partial charge is 0.478 e. The average molecular weight is 461 g/mol. The van der Waals surface area contributed by atoms with Gasteiger partial charge in [0, 0.05) is 29.3 Å². The maximum absolute atomic E-state index is 11.3. The Morgan fingerprint density at radius 1 is 1.12 bits per heavy atom. The molecule has 0 bridgehead atoms. The van der Waals surface area contributed by atoms with Crippen LogP contribution in [0.1, 0.15) is 70.8 Å². The quantitative estimate of drug-likeness (QED) is 0.516. The van der Waals surface area contributed by atoms with Gasteiger partial charge in [0.2, 0.25) is 0 Å². The number of rotatable bonds is 5. The predicted molar refractivity (Wildman–Crippen MR) is 132 cm³/mol. The summed E-state index contributed by atoms with van der Waals surface area (Å²) < 4.78 is 2.20. The van der Waals surface area contributed by atoms with Gasteiger partial charge in [-0.15, -0.1) is 0 Å². The molecule has 1 aliphatic carbocycles. The molecule has 0 radical (unpaired) electrons. The highest BCUT2D eigenvalue weighted by Gasteiger charge is 2.44. The monoisotopic (exact) mass is 460 g/mol. The Kier molecular flexibility index (Phi) is 5.66. The van der Waals surface area contributed by atoms with Crippen LogP contribution < -0.4 is 5.32 Å². The van der Waals surface area contributed by atoms with Gasteiger partial charge in [-0.3, -0.25) is 4.98 Å². The molecular weight excluding hydrogens is 432 g/mol. The Morgan fingerprint density at radius 3 is 2.48 bits per heavy atom.